The molecule has 0 saturated heterocycles. The minimum absolute atomic E-state index is 0.530. The summed E-state index contributed by atoms with van der Waals surface area (Å²) in [5.41, 5.74) is 1.28. The SMILES string of the molecule is CC(C)CC(C)N(C)c1ccc(CNC2CC2)cn1. The highest BCUT2D eigenvalue weighted by Crippen LogP contribution is 2.20. The fraction of sp³-hybridized carbons (Fsp3) is 0.688. The Hall–Kier alpha value is -1.09. The standard InChI is InChI=1S/C16H27N3/c1-12(2)9-13(3)19(4)16-8-5-14(11-18-16)10-17-15-6-7-15/h5,8,11-13,15,17H,6-7,9-10H2,1-4H3. The van der Waals surface area contributed by atoms with E-state index in [4.69, 9.17) is 0 Å². The van der Waals surface area contributed by atoms with Gasteiger partial charge in [-0.3, -0.25) is 0 Å². The van der Waals surface area contributed by atoms with Crippen molar-refractivity contribution in [1.29, 1.82) is 0 Å². The second-order valence-electron chi connectivity index (χ2n) is 6.27. The molecule has 3 heteroatoms. The van der Waals surface area contributed by atoms with E-state index in [1.54, 1.807) is 0 Å². The lowest BCUT2D eigenvalue weighted by Gasteiger charge is -2.27. The van der Waals surface area contributed by atoms with Crippen LogP contribution < -0.4 is 10.2 Å². The highest BCUT2D eigenvalue weighted by Gasteiger charge is 2.20. The Morgan fingerprint density at radius 1 is 1.32 bits per heavy atom. The van der Waals surface area contributed by atoms with Gasteiger partial charge in [0.05, 0.1) is 0 Å². The summed E-state index contributed by atoms with van der Waals surface area (Å²) in [6.07, 6.45) is 5.87. The van der Waals surface area contributed by atoms with E-state index in [9.17, 15) is 0 Å². The number of nitrogens with zero attached hydrogens (tertiary/aromatic N) is 2. The van der Waals surface area contributed by atoms with E-state index in [0.29, 0.717) is 6.04 Å². The molecule has 0 aliphatic heterocycles. The molecule has 1 fully saturated rings. The predicted molar refractivity (Wildman–Crippen MR) is 81.4 cm³/mol. The highest BCUT2D eigenvalue weighted by molar-refractivity contribution is 5.39. The van der Waals surface area contributed by atoms with Gasteiger partial charge in [0.1, 0.15) is 5.82 Å². The minimum atomic E-state index is 0.530. The average Bonchev–Trinajstić information content (AvgIpc) is 3.19. The molecular weight excluding hydrogens is 234 g/mol. The van der Waals surface area contributed by atoms with E-state index in [1.807, 2.05) is 6.20 Å². The van der Waals surface area contributed by atoms with Crippen LogP contribution in [0.4, 0.5) is 5.82 Å². The van der Waals surface area contributed by atoms with E-state index in [2.05, 4.69) is 55.2 Å². The highest BCUT2D eigenvalue weighted by atomic mass is 15.2. The van der Waals surface area contributed by atoms with Crippen molar-refractivity contribution in [2.75, 3.05) is 11.9 Å². The quantitative estimate of drug-likeness (QED) is 0.817. The fourth-order valence-corrected chi connectivity index (χ4v) is 2.35. The third kappa shape index (κ3) is 4.50. The van der Waals surface area contributed by atoms with Gasteiger partial charge in [-0.05, 0) is 43.7 Å². The van der Waals surface area contributed by atoms with Gasteiger partial charge in [0, 0.05) is 31.9 Å². The van der Waals surface area contributed by atoms with Crippen molar-refractivity contribution in [3.63, 3.8) is 0 Å². The summed E-state index contributed by atoms with van der Waals surface area (Å²) < 4.78 is 0. The normalized spacial score (nSPS) is 16.7. The molecule has 1 N–H and O–H groups in total. The maximum atomic E-state index is 4.59. The van der Waals surface area contributed by atoms with Crippen molar-refractivity contribution in [1.82, 2.24) is 10.3 Å². The monoisotopic (exact) mass is 261 g/mol. The summed E-state index contributed by atoms with van der Waals surface area (Å²) in [6, 6.07) is 5.62. The van der Waals surface area contributed by atoms with Crippen molar-refractivity contribution in [3.8, 4) is 0 Å². The van der Waals surface area contributed by atoms with E-state index in [-0.39, 0.29) is 0 Å². The lowest BCUT2D eigenvalue weighted by molar-refractivity contribution is 0.502. The molecule has 1 unspecified atom stereocenters. The molecular formula is C16H27N3. The van der Waals surface area contributed by atoms with Gasteiger partial charge in [-0.25, -0.2) is 4.98 Å². The van der Waals surface area contributed by atoms with Crippen molar-refractivity contribution in [2.24, 2.45) is 5.92 Å². The molecule has 1 aromatic rings. The fourth-order valence-electron chi connectivity index (χ4n) is 2.35. The molecule has 0 amide bonds. The van der Waals surface area contributed by atoms with E-state index < -0.39 is 0 Å². The zero-order chi connectivity index (χ0) is 13.8. The number of hydrogen-bond donors (Lipinski definition) is 1. The lowest BCUT2D eigenvalue weighted by Crippen LogP contribution is -2.30. The molecule has 1 aromatic heterocycles. The third-order valence-electron chi connectivity index (χ3n) is 3.82. The lowest BCUT2D eigenvalue weighted by atomic mass is 10.0. The summed E-state index contributed by atoms with van der Waals surface area (Å²) in [5, 5.41) is 3.52. The largest absolute Gasteiger partial charge is 0.357 e. The zero-order valence-electron chi connectivity index (χ0n) is 12.7. The first kappa shape index (κ1) is 14.3. The number of pyridine rings is 1. The smallest absolute Gasteiger partial charge is 0.128 e. The maximum absolute atomic E-state index is 4.59. The molecule has 0 spiro atoms. The molecule has 19 heavy (non-hydrogen) atoms. The second kappa shape index (κ2) is 6.38. The van der Waals surface area contributed by atoms with Crippen LogP contribution in [-0.2, 0) is 6.54 Å². The van der Waals surface area contributed by atoms with Gasteiger partial charge in [0.2, 0.25) is 0 Å². The number of nitrogens with one attached hydrogen (secondary N) is 1. The van der Waals surface area contributed by atoms with Crippen LogP contribution in [0.15, 0.2) is 18.3 Å². The average molecular weight is 261 g/mol. The molecule has 1 aliphatic rings. The van der Waals surface area contributed by atoms with Gasteiger partial charge in [0.15, 0.2) is 0 Å². The number of anilines is 1. The Bertz CT molecular complexity index is 381. The molecule has 1 saturated carbocycles. The van der Waals surface area contributed by atoms with E-state index in [0.717, 1.165) is 24.3 Å². The van der Waals surface area contributed by atoms with Crippen molar-refractivity contribution in [3.05, 3.63) is 23.9 Å². The maximum Gasteiger partial charge on any atom is 0.128 e. The molecule has 0 bridgehead atoms. The first-order valence-electron chi connectivity index (χ1n) is 7.47. The van der Waals surface area contributed by atoms with Crippen LogP contribution in [-0.4, -0.2) is 24.1 Å². The number of hydrogen-bond acceptors (Lipinski definition) is 3. The minimum Gasteiger partial charge on any atom is -0.357 e. The van der Waals surface area contributed by atoms with Gasteiger partial charge in [-0.2, -0.15) is 0 Å². The van der Waals surface area contributed by atoms with Crippen LogP contribution in [0.1, 0.15) is 45.6 Å². The summed E-state index contributed by atoms with van der Waals surface area (Å²) in [6.45, 7) is 7.75. The Morgan fingerprint density at radius 2 is 2.05 bits per heavy atom. The topological polar surface area (TPSA) is 28.2 Å². The van der Waals surface area contributed by atoms with Gasteiger partial charge in [0.25, 0.3) is 0 Å². The molecule has 0 aromatic carbocycles. The Balaban J connectivity index is 1.88. The van der Waals surface area contributed by atoms with Crippen molar-refractivity contribution < 1.29 is 0 Å². The van der Waals surface area contributed by atoms with E-state index >= 15 is 0 Å². The van der Waals surface area contributed by atoms with Gasteiger partial charge < -0.3 is 10.2 Å². The summed E-state index contributed by atoms with van der Waals surface area (Å²) in [7, 11) is 2.14. The molecule has 3 nitrogen and oxygen atoms in total. The van der Waals surface area contributed by atoms with Crippen molar-refractivity contribution in [2.45, 2.75) is 58.7 Å². The van der Waals surface area contributed by atoms with Crippen LogP contribution in [0, 0.1) is 5.92 Å². The van der Waals surface area contributed by atoms with Gasteiger partial charge in [-0.15, -0.1) is 0 Å². The van der Waals surface area contributed by atoms with Crippen LogP contribution in [0.2, 0.25) is 0 Å². The Morgan fingerprint density at radius 3 is 2.58 bits per heavy atom. The van der Waals surface area contributed by atoms with Crippen LogP contribution >= 0.6 is 0 Å². The Kier molecular flexibility index (Phi) is 4.81. The number of aromatic nitrogens is 1. The molecule has 2 rings (SSSR count). The second-order valence-corrected chi connectivity index (χ2v) is 6.27. The summed E-state index contributed by atoms with van der Waals surface area (Å²) in [4.78, 5) is 6.87. The van der Waals surface area contributed by atoms with Crippen LogP contribution in [0.25, 0.3) is 0 Å². The first-order chi connectivity index (χ1) is 9.06. The van der Waals surface area contributed by atoms with Crippen LogP contribution in [0.3, 0.4) is 0 Å². The van der Waals surface area contributed by atoms with E-state index in [1.165, 1.54) is 24.8 Å². The predicted octanol–water partition coefficient (Wildman–Crippen LogP) is 3.20. The van der Waals surface area contributed by atoms with Gasteiger partial charge in [-0.1, -0.05) is 19.9 Å². The summed E-state index contributed by atoms with van der Waals surface area (Å²) in [5.74, 6) is 1.79. The molecule has 106 valence electrons. The first-order valence-corrected chi connectivity index (χ1v) is 7.47. The Labute approximate surface area is 117 Å². The molecule has 1 aliphatic carbocycles. The summed E-state index contributed by atoms with van der Waals surface area (Å²) >= 11 is 0. The van der Waals surface area contributed by atoms with Crippen molar-refractivity contribution >= 4 is 5.82 Å². The molecule has 0 radical (unpaired) electrons. The zero-order valence-corrected chi connectivity index (χ0v) is 12.7. The van der Waals surface area contributed by atoms with Gasteiger partial charge >= 0.3 is 0 Å². The third-order valence-corrected chi connectivity index (χ3v) is 3.82. The molecule has 1 heterocycles. The van der Waals surface area contributed by atoms with Crippen LogP contribution in [0.5, 0.6) is 0 Å². The molecule has 1 atom stereocenters. The number of rotatable bonds is 7.